The van der Waals surface area contributed by atoms with Crippen molar-refractivity contribution in [2.75, 3.05) is 26.5 Å². The number of pyridine rings is 2. The minimum atomic E-state index is -3.39. The Morgan fingerprint density at radius 2 is 1.97 bits per heavy atom. The summed E-state index contributed by atoms with van der Waals surface area (Å²) < 4.78 is 25.4. The van der Waals surface area contributed by atoms with Crippen molar-refractivity contribution in [2.45, 2.75) is 18.7 Å². The molecule has 3 aromatic rings. The molecule has 0 aliphatic carbocycles. The molecular formula is C20H24N8O2S. The van der Waals surface area contributed by atoms with Gasteiger partial charge in [0.1, 0.15) is 5.82 Å². The number of nitrogens with zero attached hydrogens (tertiary/aromatic N) is 6. The highest BCUT2D eigenvalue weighted by Crippen LogP contribution is 2.25. The molecule has 0 aromatic carbocycles. The van der Waals surface area contributed by atoms with Gasteiger partial charge in [0.2, 0.25) is 10.0 Å². The number of hydrogen-bond donors (Lipinski definition) is 2. The largest absolute Gasteiger partial charge is 0.323 e. The number of aromatic nitrogens is 4. The second-order valence-electron chi connectivity index (χ2n) is 7.62. The minimum Gasteiger partial charge on any atom is -0.323 e. The smallest absolute Gasteiger partial charge is 0.217 e. The van der Waals surface area contributed by atoms with Crippen molar-refractivity contribution in [1.29, 1.82) is 0 Å². The highest BCUT2D eigenvalue weighted by atomic mass is 32.2. The zero-order chi connectivity index (χ0) is 22.2. The second kappa shape index (κ2) is 8.17. The zero-order valence-electron chi connectivity index (χ0n) is 17.7. The van der Waals surface area contributed by atoms with Gasteiger partial charge in [-0.2, -0.15) is 5.10 Å². The van der Waals surface area contributed by atoms with Gasteiger partial charge in [0.05, 0.1) is 29.0 Å². The SMILES string of the molecule is CC1NN(C)C=C1c1cnc2ccc(Nc3cc(CS(=O)(=O)N(C)C)cnn3)nc2c1. The predicted molar refractivity (Wildman–Crippen MR) is 120 cm³/mol. The molecule has 31 heavy (non-hydrogen) atoms. The summed E-state index contributed by atoms with van der Waals surface area (Å²) >= 11 is 0. The van der Waals surface area contributed by atoms with Crippen LogP contribution in [0, 0.1) is 0 Å². The molecule has 2 N–H and O–H groups in total. The van der Waals surface area contributed by atoms with Crippen molar-refractivity contribution in [3.63, 3.8) is 0 Å². The number of fused-ring (bicyclic) bond motifs is 1. The van der Waals surface area contributed by atoms with E-state index >= 15 is 0 Å². The molecule has 0 saturated heterocycles. The molecule has 1 atom stereocenters. The van der Waals surface area contributed by atoms with Crippen LogP contribution in [0.4, 0.5) is 11.6 Å². The second-order valence-corrected chi connectivity index (χ2v) is 9.80. The van der Waals surface area contributed by atoms with Crippen molar-refractivity contribution >= 4 is 38.3 Å². The minimum absolute atomic E-state index is 0.154. The van der Waals surface area contributed by atoms with E-state index in [1.54, 1.807) is 12.1 Å². The fraction of sp³-hybridized carbons (Fsp3) is 0.300. The van der Waals surface area contributed by atoms with E-state index in [9.17, 15) is 8.42 Å². The van der Waals surface area contributed by atoms with Gasteiger partial charge in [-0.15, -0.1) is 5.10 Å². The molecule has 4 heterocycles. The molecule has 0 saturated carbocycles. The fourth-order valence-corrected chi connectivity index (χ4v) is 4.15. The van der Waals surface area contributed by atoms with Crippen LogP contribution in [0.15, 0.2) is 42.9 Å². The zero-order valence-corrected chi connectivity index (χ0v) is 18.6. The van der Waals surface area contributed by atoms with Crippen LogP contribution in [0.2, 0.25) is 0 Å². The number of anilines is 2. The molecule has 1 aliphatic rings. The summed E-state index contributed by atoms with van der Waals surface area (Å²) in [6, 6.07) is 7.51. The monoisotopic (exact) mass is 440 g/mol. The van der Waals surface area contributed by atoms with Crippen LogP contribution in [0.3, 0.4) is 0 Å². The quantitative estimate of drug-likeness (QED) is 0.591. The summed E-state index contributed by atoms with van der Waals surface area (Å²) in [4.78, 5) is 9.18. The first-order valence-electron chi connectivity index (χ1n) is 9.68. The van der Waals surface area contributed by atoms with E-state index in [4.69, 9.17) is 0 Å². The number of rotatable bonds is 6. The van der Waals surface area contributed by atoms with Crippen molar-refractivity contribution in [2.24, 2.45) is 0 Å². The fourth-order valence-electron chi connectivity index (χ4n) is 3.31. The molecule has 4 rings (SSSR count). The summed E-state index contributed by atoms with van der Waals surface area (Å²) in [6.45, 7) is 2.09. The summed E-state index contributed by atoms with van der Waals surface area (Å²) in [7, 11) is 1.57. The van der Waals surface area contributed by atoms with Crippen LogP contribution in [0.25, 0.3) is 16.6 Å². The van der Waals surface area contributed by atoms with Gasteiger partial charge in [0.15, 0.2) is 5.82 Å². The standard InChI is InChI=1S/C20H24N8O2S/c1-13-16(11-28(4)26-13)15-8-18-17(21-10-15)5-6-19(23-18)24-20-7-14(9-22-25-20)12-31(29,30)27(2)3/h5-11,13,26H,12H2,1-4H3,(H,23,24,25). The van der Waals surface area contributed by atoms with Crippen LogP contribution in [-0.2, 0) is 15.8 Å². The third kappa shape index (κ3) is 4.63. The van der Waals surface area contributed by atoms with E-state index in [0.29, 0.717) is 17.2 Å². The molecule has 10 nitrogen and oxygen atoms in total. The molecule has 1 aliphatic heterocycles. The maximum absolute atomic E-state index is 12.1. The van der Waals surface area contributed by atoms with E-state index < -0.39 is 10.0 Å². The molecule has 162 valence electrons. The van der Waals surface area contributed by atoms with Gasteiger partial charge < -0.3 is 10.3 Å². The molecular weight excluding hydrogens is 416 g/mol. The maximum atomic E-state index is 12.1. The van der Waals surface area contributed by atoms with Gasteiger partial charge in [-0.3, -0.25) is 4.98 Å². The number of hydrogen-bond acceptors (Lipinski definition) is 9. The normalized spacial score (nSPS) is 16.7. The van der Waals surface area contributed by atoms with Gasteiger partial charge in [-0.1, -0.05) is 0 Å². The highest BCUT2D eigenvalue weighted by molar-refractivity contribution is 7.88. The molecule has 0 spiro atoms. The van der Waals surface area contributed by atoms with Gasteiger partial charge in [0.25, 0.3) is 0 Å². The lowest BCUT2D eigenvalue weighted by molar-refractivity contribution is 0.340. The predicted octanol–water partition coefficient (Wildman–Crippen LogP) is 1.73. The Morgan fingerprint density at radius 3 is 2.68 bits per heavy atom. The number of hydrazine groups is 1. The molecule has 1 unspecified atom stereocenters. The van der Waals surface area contributed by atoms with Crippen molar-refractivity contribution in [3.05, 3.63) is 54.0 Å². The molecule has 0 bridgehead atoms. The average Bonchev–Trinajstić information content (AvgIpc) is 3.05. The van der Waals surface area contributed by atoms with Crippen LogP contribution in [0.1, 0.15) is 18.1 Å². The van der Waals surface area contributed by atoms with E-state index in [2.05, 4.69) is 37.8 Å². The lowest BCUT2D eigenvalue weighted by atomic mass is 10.0. The van der Waals surface area contributed by atoms with Gasteiger partial charge in [-0.25, -0.2) is 23.1 Å². The Labute approximate surface area is 181 Å². The molecule has 11 heteroatoms. The Bertz CT molecular complexity index is 1260. The molecule has 0 fully saturated rings. The summed E-state index contributed by atoms with van der Waals surface area (Å²) in [5, 5.41) is 13.0. The first-order chi connectivity index (χ1) is 14.7. The summed E-state index contributed by atoms with van der Waals surface area (Å²) in [6.07, 6.45) is 5.33. The topological polar surface area (TPSA) is 116 Å². The van der Waals surface area contributed by atoms with Gasteiger partial charge in [0, 0.05) is 39.1 Å². The molecule has 0 radical (unpaired) electrons. The first-order valence-corrected chi connectivity index (χ1v) is 11.3. The Kier molecular flexibility index (Phi) is 5.56. The molecule has 0 amide bonds. The third-order valence-electron chi connectivity index (χ3n) is 4.94. The van der Waals surface area contributed by atoms with Crippen molar-refractivity contribution in [1.82, 2.24) is 34.9 Å². The van der Waals surface area contributed by atoms with Crippen LogP contribution >= 0.6 is 0 Å². The Morgan fingerprint density at radius 1 is 1.16 bits per heavy atom. The lowest BCUT2D eigenvalue weighted by Crippen LogP contribution is -2.30. The van der Waals surface area contributed by atoms with Crippen molar-refractivity contribution in [3.8, 4) is 0 Å². The summed E-state index contributed by atoms with van der Waals surface area (Å²) in [5.41, 5.74) is 7.49. The average molecular weight is 441 g/mol. The van der Waals surface area contributed by atoms with E-state index in [-0.39, 0.29) is 11.8 Å². The van der Waals surface area contributed by atoms with Crippen LogP contribution in [-0.4, -0.2) is 65.1 Å². The van der Waals surface area contributed by atoms with Crippen LogP contribution in [0.5, 0.6) is 0 Å². The number of nitrogens with one attached hydrogen (secondary N) is 2. The lowest BCUT2D eigenvalue weighted by Gasteiger charge is -2.12. The van der Waals surface area contributed by atoms with E-state index in [0.717, 1.165) is 22.2 Å². The van der Waals surface area contributed by atoms with Crippen molar-refractivity contribution < 1.29 is 8.42 Å². The van der Waals surface area contributed by atoms with Gasteiger partial charge in [-0.05, 0) is 42.3 Å². The van der Waals surface area contributed by atoms with Crippen LogP contribution < -0.4 is 10.7 Å². The number of sulfonamides is 1. The molecule has 3 aromatic heterocycles. The third-order valence-corrected chi connectivity index (χ3v) is 6.75. The van der Waals surface area contributed by atoms with E-state index in [1.807, 2.05) is 36.6 Å². The summed E-state index contributed by atoms with van der Waals surface area (Å²) in [5.74, 6) is 0.829. The maximum Gasteiger partial charge on any atom is 0.217 e. The van der Waals surface area contributed by atoms with E-state index in [1.165, 1.54) is 24.6 Å². The van der Waals surface area contributed by atoms with Gasteiger partial charge >= 0.3 is 0 Å². The highest BCUT2D eigenvalue weighted by Gasteiger charge is 2.19. The Balaban J connectivity index is 1.59. The first kappa shape index (κ1) is 21.1. The Hall–Kier alpha value is -3.15.